The number of rotatable bonds is 5. The third-order valence-corrected chi connectivity index (χ3v) is 6.98. The van der Waals surface area contributed by atoms with E-state index in [1.165, 1.54) is 12.1 Å². The highest BCUT2D eigenvalue weighted by Crippen LogP contribution is 2.38. The molecular weight excluding hydrogens is 404 g/mol. The molecule has 2 aromatic rings. The second-order valence-corrected chi connectivity index (χ2v) is 9.21. The number of carbonyl (C=O) groups excluding carboxylic acids is 1. The van der Waals surface area contributed by atoms with E-state index in [4.69, 9.17) is 9.47 Å². The second kappa shape index (κ2) is 8.65. The van der Waals surface area contributed by atoms with Crippen LogP contribution in [0, 0.1) is 0 Å². The Hall–Kier alpha value is -2.58. The van der Waals surface area contributed by atoms with Crippen molar-refractivity contribution in [1.29, 1.82) is 0 Å². The van der Waals surface area contributed by atoms with Crippen LogP contribution >= 0.6 is 0 Å². The quantitative estimate of drug-likeness (QED) is 0.788. The highest BCUT2D eigenvalue weighted by Gasteiger charge is 2.31. The fraction of sp³-hybridized carbons (Fsp3) is 0.409. The Morgan fingerprint density at radius 1 is 1.07 bits per heavy atom. The second-order valence-electron chi connectivity index (χ2n) is 7.44. The first kappa shape index (κ1) is 20.7. The number of hydrogen-bond acceptors (Lipinski definition) is 5. The number of carbonyl (C=O) groups is 1. The van der Waals surface area contributed by atoms with E-state index in [9.17, 15) is 13.2 Å². The van der Waals surface area contributed by atoms with Crippen LogP contribution in [0.2, 0.25) is 0 Å². The number of fused-ring (bicyclic) bond motifs is 1. The summed E-state index contributed by atoms with van der Waals surface area (Å²) in [6.07, 6.45) is 2.63. The Labute approximate surface area is 177 Å². The van der Waals surface area contributed by atoms with Crippen molar-refractivity contribution in [2.75, 3.05) is 26.3 Å². The summed E-state index contributed by atoms with van der Waals surface area (Å²) in [5, 5.41) is 0. The van der Waals surface area contributed by atoms with Gasteiger partial charge in [-0.05, 0) is 54.8 Å². The van der Waals surface area contributed by atoms with Gasteiger partial charge >= 0.3 is 0 Å². The van der Waals surface area contributed by atoms with Gasteiger partial charge in [-0.25, -0.2) is 13.1 Å². The summed E-state index contributed by atoms with van der Waals surface area (Å²) < 4.78 is 38.2. The molecule has 30 heavy (non-hydrogen) atoms. The summed E-state index contributed by atoms with van der Waals surface area (Å²) in [5.41, 5.74) is 1.50. The Morgan fingerprint density at radius 3 is 2.53 bits per heavy atom. The zero-order valence-electron chi connectivity index (χ0n) is 17.0. The van der Waals surface area contributed by atoms with Crippen LogP contribution in [0.3, 0.4) is 0 Å². The van der Waals surface area contributed by atoms with Crippen LogP contribution in [0.15, 0.2) is 47.4 Å². The summed E-state index contributed by atoms with van der Waals surface area (Å²) in [5.74, 6) is 1.36. The van der Waals surface area contributed by atoms with Crippen LogP contribution in [0.25, 0.3) is 0 Å². The fourth-order valence-electron chi connectivity index (χ4n) is 3.96. The number of ether oxygens (including phenoxy) is 2. The molecule has 1 amide bonds. The van der Waals surface area contributed by atoms with E-state index in [1.54, 1.807) is 19.1 Å². The Bertz CT molecular complexity index is 1020. The lowest BCUT2D eigenvalue weighted by atomic mass is 10.0. The van der Waals surface area contributed by atoms with Crippen molar-refractivity contribution in [3.63, 3.8) is 0 Å². The Kier molecular flexibility index (Phi) is 5.97. The number of benzene rings is 2. The van der Waals surface area contributed by atoms with Crippen molar-refractivity contribution < 1.29 is 22.7 Å². The molecule has 8 heteroatoms. The summed E-state index contributed by atoms with van der Waals surface area (Å²) >= 11 is 0. The zero-order chi connectivity index (χ0) is 21.1. The van der Waals surface area contributed by atoms with Gasteiger partial charge in [-0.1, -0.05) is 13.0 Å². The predicted molar refractivity (Wildman–Crippen MR) is 112 cm³/mol. The Morgan fingerprint density at radius 2 is 1.80 bits per heavy atom. The molecule has 7 nitrogen and oxygen atoms in total. The highest BCUT2D eigenvalue weighted by molar-refractivity contribution is 7.89. The molecule has 1 atom stereocenters. The van der Waals surface area contributed by atoms with Crippen LogP contribution in [-0.4, -0.2) is 45.5 Å². The third-order valence-electron chi connectivity index (χ3n) is 5.42. The summed E-state index contributed by atoms with van der Waals surface area (Å²) in [4.78, 5) is 15.2. The highest BCUT2D eigenvalue weighted by atomic mass is 32.2. The van der Waals surface area contributed by atoms with E-state index < -0.39 is 10.0 Å². The summed E-state index contributed by atoms with van der Waals surface area (Å²) in [6, 6.07) is 12.0. The number of hydrogen-bond donors (Lipinski definition) is 1. The maximum atomic E-state index is 13.2. The largest absolute Gasteiger partial charge is 0.490 e. The van der Waals surface area contributed by atoms with Crippen molar-refractivity contribution in [3.05, 3.63) is 53.6 Å². The first-order chi connectivity index (χ1) is 14.5. The predicted octanol–water partition coefficient (Wildman–Crippen LogP) is 3.12. The molecule has 2 aliphatic heterocycles. The zero-order valence-corrected chi connectivity index (χ0v) is 17.8. The summed E-state index contributed by atoms with van der Waals surface area (Å²) in [6.45, 7) is 3.96. The summed E-state index contributed by atoms with van der Waals surface area (Å²) in [7, 11) is -3.54. The van der Waals surface area contributed by atoms with Crippen molar-refractivity contribution in [2.24, 2.45) is 0 Å². The van der Waals surface area contributed by atoms with Gasteiger partial charge in [0.25, 0.3) is 5.91 Å². The van der Waals surface area contributed by atoms with Gasteiger partial charge in [-0.3, -0.25) is 4.79 Å². The topological polar surface area (TPSA) is 84.9 Å². The average Bonchev–Trinajstić information content (AvgIpc) is 3.12. The number of nitrogens with zero attached hydrogens (tertiary/aromatic N) is 1. The monoisotopic (exact) mass is 430 g/mol. The van der Waals surface area contributed by atoms with Crippen molar-refractivity contribution in [2.45, 2.75) is 37.1 Å². The first-order valence-electron chi connectivity index (χ1n) is 10.3. The van der Waals surface area contributed by atoms with Gasteiger partial charge in [-0.2, -0.15) is 0 Å². The number of amides is 1. The van der Waals surface area contributed by atoms with Gasteiger partial charge in [0.1, 0.15) is 0 Å². The average molecular weight is 431 g/mol. The molecule has 1 fully saturated rings. The minimum Gasteiger partial charge on any atom is -0.490 e. The van der Waals surface area contributed by atoms with Crippen LogP contribution < -0.4 is 14.2 Å². The number of likely N-dealkylation sites (tertiary alicyclic amines) is 1. The molecular formula is C22H26N2O5S. The lowest BCUT2D eigenvalue weighted by Gasteiger charge is -2.26. The van der Waals surface area contributed by atoms with E-state index in [2.05, 4.69) is 4.72 Å². The molecule has 0 saturated carbocycles. The van der Waals surface area contributed by atoms with E-state index >= 15 is 0 Å². The number of nitrogens with one attached hydrogen (secondary N) is 1. The maximum Gasteiger partial charge on any atom is 0.254 e. The van der Waals surface area contributed by atoms with E-state index in [1.807, 2.05) is 23.1 Å². The first-order valence-corrected chi connectivity index (χ1v) is 11.8. The van der Waals surface area contributed by atoms with Gasteiger partial charge < -0.3 is 14.4 Å². The smallest absolute Gasteiger partial charge is 0.254 e. The molecule has 1 unspecified atom stereocenters. The van der Waals surface area contributed by atoms with Gasteiger partial charge in [0.2, 0.25) is 10.0 Å². The molecule has 2 aromatic carbocycles. The van der Waals surface area contributed by atoms with E-state index in [-0.39, 0.29) is 16.8 Å². The van der Waals surface area contributed by atoms with E-state index in [0.29, 0.717) is 31.9 Å². The molecule has 2 heterocycles. The van der Waals surface area contributed by atoms with Crippen LogP contribution in [0.5, 0.6) is 11.5 Å². The minimum atomic E-state index is -3.54. The molecule has 4 rings (SSSR count). The molecule has 2 aliphatic rings. The molecule has 0 spiro atoms. The molecule has 0 aliphatic carbocycles. The van der Waals surface area contributed by atoms with Crippen molar-refractivity contribution in [1.82, 2.24) is 9.62 Å². The third kappa shape index (κ3) is 4.15. The van der Waals surface area contributed by atoms with Gasteiger partial charge in [0.05, 0.1) is 24.2 Å². The van der Waals surface area contributed by atoms with Crippen LogP contribution in [-0.2, 0) is 10.0 Å². The van der Waals surface area contributed by atoms with Gasteiger partial charge in [-0.15, -0.1) is 0 Å². The molecule has 1 saturated heterocycles. The fourth-order valence-corrected chi connectivity index (χ4v) is 5.00. The van der Waals surface area contributed by atoms with Crippen LogP contribution in [0.4, 0.5) is 0 Å². The van der Waals surface area contributed by atoms with Crippen molar-refractivity contribution >= 4 is 15.9 Å². The SMILES string of the molecule is CCNS(=O)(=O)c1ccc(C(=O)N2CCCC2c2ccc3c(c2)OCCCO3)cc1. The Balaban J connectivity index is 1.55. The molecule has 1 N–H and O–H groups in total. The molecule has 0 aromatic heterocycles. The standard InChI is InChI=1S/C22H26N2O5S/c1-2-23-30(26,27)18-9-6-16(7-10-18)22(25)24-12-3-5-19(24)17-8-11-20-21(15-17)29-14-4-13-28-20/h6-11,15,19,23H,2-5,12-14H2,1H3. The van der Waals surface area contributed by atoms with Crippen molar-refractivity contribution in [3.8, 4) is 11.5 Å². The molecule has 0 bridgehead atoms. The van der Waals surface area contributed by atoms with Crippen LogP contribution in [0.1, 0.15) is 48.1 Å². The van der Waals surface area contributed by atoms with Gasteiger partial charge in [0, 0.05) is 25.1 Å². The molecule has 0 radical (unpaired) electrons. The normalized spacial score (nSPS) is 18.8. The lowest BCUT2D eigenvalue weighted by molar-refractivity contribution is 0.0735. The maximum absolute atomic E-state index is 13.2. The lowest BCUT2D eigenvalue weighted by Crippen LogP contribution is -2.30. The molecule has 160 valence electrons. The van der Waals surface area contributed by atoms with Gasteiger partial charge in [0.15, 0.2) is 11.5 Å². The number of sulfonamides is 1. The van der Waals surface area contributed by atoms with E-state index in [0.717, 1.165) is 36.3 Å². The minimum absolute atomic E-state index is 0.0418.